The normalized spacial score (nSPS) is 24.1. The predicted molar refractivity (Wildman–Crippen MR) is 92.2 cm³/mol. The molecule has 128 valence electrons. The average molecular weight is 338 g/mol. The number of hydrogen-bond acceptors (Lipinski definition) is 2. The zero-order chi connectivity index (χ0) is 17.7. The van der Waals surface area contributed by atoms with Crippen molar-refractivity contribution >= 4 is 11.8 Å². The summed E-state index contributed by atoms with van der Waals surface area (Å²) in [5, 5.41) is 0. The molecule has 0 bridgehead atoms. The highest BCUT2D eigenvalue weighted by Gasteiger charge is 2.56. The smallest absolute Gasteiger partial charge is 0.255 e. The van der Waals surface area contributed by atoms with Crippen LogP contribution in [0.25, 0.3) is 11.1 Å². The van der Waals surface area contributed by atoms with Crippen LogP contribution in [0, 0.1) is 24.6 Å². The molecule has 2 amide bonds. The van der Waals surface area contributed by atoms with E-state index in [4.69, 9.17) is 5.73 Å². The second kappa shape index (κ2) is 5.69. The monoisotopic (exact) mass is 338 g/mol. The Hall–Kier alpha value is -2.69. The number of carbonyl (C=O) groups excluding carboxylic acids is 2. The molecule has 4 nitrogen and oxygen atoms in total. The number of likely N-dealkylation sites (tertiary alicyclic amines) is 1. The van der Waals surface area contributed by atoms with Crippen molar-refractivity contribution in [1.29, 1.82) is 0 Å². The van der Waals surface area contributed by atoms with E-state index in [0.29, 0.717) is 18.0 Å². The first-order chi connectivity index (χ1) is 12.0. The maximum absolute atomic E-state index is 13.3. The molecule has 2 N–H and O–H groups in total. The van der Waals surface area contributed by atoms with Crippen molar-refractivity contribution in [2.24, 2.45) is 17.6 Å². The molecule has 4 rings (SSSR count). The van der Waals surface area contributed by atoms with Gasteiger partial charge in [-0.1, -0.05) is 24.3 Å². The number of piperidine rings is 1. The molecule has 3 atom stereocenters. The third-order valence-corrected chi connectivity index (χ3v) is 5.34. The third kappa shape index (κ3) is 2.60. The van der Waals surface area contributed by atoms with Crippen LogP contribution in [0.15, 0.2) is 42.5 Å². The van der Waals surface area contributed by atoms with Crippen molar-refractivity contribution in [3.05, 3.63) is 59.4 Å². The lowest BCUT2D eigenvalue weighted by Crippen LogP contribution is -2.46. The zero-order valence-corrected chi connectivity index (χ0v) is 13.9. The summed E-state index contributed by atoms with van der Waals surface area (Å²) in [6.45, 7) is 2.50. The van der Waals surface area contributed by atoms with Gasteiger partial charge in [-0.05, 0) is 60.1 Å². The summed E-state index contributed by atoms with van der Waals surface area (Å²) in [5.74, 6) is -0.340. The van der Waals surface area contributed by atoms with Gasteiger partial charge in [-0.2, -0.15) is 0 Å². The van der Waals surface area contributed by atoms with Gasteiger partial charge in [0.15, 0.2) is 0 Å². The number of aryl methyl sites for hydroxylation is 1. The van der Waals surface area contributed by atoms with Gasteiger partial charge in [0.05, 0.1) is 0 Å². The fraction of sp³-hybridized carbons (Fsp3) is 0.300. The molecule has 1 saturated heterocycles. The van der Waals surface area contributed by atoms with E-state index in [9.17, 15) is 14.0 Å². The topological polar surface area (TPSA) is 63.4 Å². The number of benzene rings is 2. The van der Waals surface area contributed by atoms with Gasteiger partial charge >= 0.3 is 0 Å². The van der Waals surface area contributed by atoms with Crippen LogP contribution >= 0.6 is 0 Å². The van der Waals surface area contributed by atoms with Crippen LogP contribution in [0.2, 0.25) is 0 Å². The highest BCUT2D eigenvalue weighted by Crippen LogP contribution is 2.50. The van der Waals surface area contributed by atoms with Gasteiger partial charge < -0.3 is 10.6 Å². The van der Waals surface area contributed by atoms with Crippen LogP contribution in [0.5, 0.6) is 0 Å². The number of rotatable bonds is 3. The first-order valence-electron chi connectivity index (χ1n) is 8.43. The number of fused-ring (bicyclic) bond motifs is 1. The van der Waals surface area contributed by atoms with Gasteiger partial charge in [0.1, 0.15) is 11.9 Å². The predicted octanol–water partition coefficient (Wildman–Crippen LogP) is 2.75. The second-order valence-electron chi connectivity index (χ2n) is 6.97. The molecule has 5 heteroatoms. The molecule has 1 heterocycles. The van der Waals surface area contributed by atoms with Gasteiger partial charge in [0.25, 0.3) is 5.91 Å². The summed E-state index contributed by atoms with van der Waals surface area (Å²) >= 11 is 0. The quantitative estimate of drug-likeness (QED) is 0.935. The Labute approximate surface area is 145 Å². The van der Waals surface area contributed by atoms with Crippen LogP contribution in [0.1, 0.15) is 22.3 Å². The lowest BCUT2D eigenvalue weighted by Gasteiger charge is -2.26. The number of nitrogens with two attached hydrogens (primary N) is 1. The minimum Gasteiger partial charge on any atom is -0.368 e. The first-order valence-corrected chi connectivity index (χ1v) is 8.43. The maximum Gasteiger partial charge on any atom is 0.255 e. The molecule has 1 aliphatic carbocycles. The Morgan fingerprint density at radius 2 is 1.88 bits per heavy atom. The van der Waals surface area contributed by atoms with E-state index in [-0.39, 0.29) is 17.6 Å². The largest absolute Gasteiger partial charge is 0.368 e. The van der Waals surface area contributed by atoms with Crippen LogP contribution in [-0.4, -0.2) is 29.3 Å². The molecular weight excluding hydrogens is 319 g/mol. The Kier molecular flexibility index (Phi) is 3.60. The Balaban J connectivity index is 1.76. The standard InChI is InChI=1S/C20H19FN2O2/c1-11-3-2-4-15(17(11)12-5-7-14(21)8-6-12)20(25)23-10-13-9-16(13)18(23)19(22)24/h2-8,13,16,18H,9-10H2,1H3,(H2,22,24)/t13-,16-,18+/m1/s1. The molecule has 0 radical (unpaired) electrons. The van der Waals surface area contributed by atoms with Gasteiger partial charge in [0, 0.05) is 12.1 Å². The van der Waals surface area contributed by atoms with E-state index in [1.165, 1.54) is 12.1 Å². The van der Waals surface area contributed by atoms with E-state index in [0.717, 1.165) is 23.1 Å². The summed E-state index contributed by atoms with van der Waals surface area (Å²) in [6.07, 6.45) is 0.968. The first kappa shape index (κ1) is 15.8. The van der Waals surface area contributed by atoms with Crippen LogP contribution in [-0.2, 0) is 4.79 Å². The molecule has 0 unspecified atom stereocenters. The van der Waals surface area contributed by atoms with Gasteiger partial charge in [0.2, 0.25) is 5.91 Å². The van der Waals surface area contributed by atoms with Crippen molar-refractivity contribution in [1.82, 2.24) is 4.90 Å². The van der Waals surface area contributed by atoms with E-state index in [2.05, 4.69) is 0 Å². The van der Waals surface area contributed by atoms with Gasteiger partial charge in [-0.15, -0.1) is 0 Å². The molecule has 2 aliphatic rings. The van der Waals surface area contributed by atoms with Crippen LogP contribution < -0.4 is 5.73 Å². The molecule has 1 aliphatic heterocycles. The van der Waals surface area contributed by atoms with Gasteiger partial charge in [-0.25, -0.2) is 4.39 Å². The third-order valence-electron chi connectivity index (χ3n) is 5.34. The summed E-state index contributed by atoms with van der Waals surface area (Å²) in [6, 6.07) is 11.1. The molecule has 2 fully saturated rings. The van der Waals surface area contributed by atoms with Crippen LogP contribution in [0.3, 0.4) is 0 Å². The SMILES string of the molecule is Cc1cccc(C(=O)N2C[C@H]3C[C@H]3[C@H]2C(N)=O)c1-c1ccc(F)cc1. The minimum absolute atomic E-state index is 0.181. The van der Waals surface area contributed by atoms with Crippen molar-refractivity contribution < 1.29 is 14.0 Å². The second-order valence-corrected chi connectivity index (χ2v) is 6.97. The molecule has 0 spiro atoms. The fourth-order valence-electron chi connectivity index (χ4n) is 4.04. The molecular formula is C20H19FN2O2. The summed E-state index contributed by atoms with van der Waals surface area (Å²) in [4.78, 5) is 26.6. The highest BCUT2D eigenvalue weighted by atomic mass is 19.1. The minimum atomic E-state index is -0.515. The van der Waals surface area contributed by atoms with E-state index < -0.39 is 11.9 Å². The summed E-state index contributed by atoms with van der Waals surface area (Å²) < 4.78 is 13.3. The number of nitrogens with zero attached hydrogens (tertiary/aromatic N) is 1. The molecule has 0 aromatic heterocycles. The number of halogens is 1. The summed E-state index contributed by atoms with van der Waals surface area (Å²) in [5.41, 5.74) is 8.55. The van der Waals surface area contributed by atoms with Crippen molar-refractivity contribution in [3.63, 3.8) is 0 Å². The number of primary amides is 1. The molecule has 25 heavy (non-hydrogen) atoms. The van der Waals surface area contributed by atoms with Crippen molar-refractivity contribution in [3.8, 4) is 11.1 Å². The van der Waals surface area contributed by atoms with Crippen LogP contribution in [0.4, 0.5) is 4.39 Å². The highest BCUT2D eigenvalue weighted by molar-refractivity contribution is 6.04. The molecule has 2 aromatic carbocycles. The zero-order valence-electron chi connectivity index (χ0n) is 13.9. The van der Waals surface area contributed by atoms with E-state index in [1.54, 1.807) is 23.1 Å². The fourth-order valence-corrected chi connectivity index (χ4v) is 4.04. The van der Waals surface area contributed by atoms with Crippen molar-refractivity contribution in [2.45, 2.75) is 19.4 Å². The Bertz CT molecular complexity index is 862. The van der Waals surface area contributed by atoms with E-state index in [1.807, 2.05) is 19.1 Å². The lowest BCUT2D eigenvalue weighted by atomic mass is 9.94. The van der Waals surface area contributed by atoms with Gasteiger partial charge in [-0.3, -0.25) is 9.59 Å². The number of hydrogen-bond donors (Lipinski definition) is 1. The molecule has 2 aromatic rings. The summed E-state index contributed by atoms with van der Waals surface area (Å²) in [7, 11) is 0. The van der Waals surface area contributed by atoms with E-state index >= 15 is 0 Å². The Morgan fingerprint density at radius 3 is 2.56 bits per heavy atom. The maximum atomic E-state index is 13.3. The lowest BCUT2D eigenvalue weighted by molar-refractivity contribution is -0.122. The van der Waals surface area contributed by atoms with Crippen molar-refractivity contribution in [2.75, 3.05) is 6.54 Å². The Morgan fingerprint density at radius 1 is 1.16 bits per heavy atom. The molecule has 1 saturated carbocycles. The number of carbonyl (C=O) groups is 2. The average Bonchev–Trinajstić information content (AvgIpc) is 3.24. The number of amides is 2.